The summed E-state index contributed by atoms with van der Waals surface area (Å²) in [5.41, 5.74) is 1.26. The maximum absolute atomic E-state index is 12.4. The number of hydrogen-bond acceptors (Lipinski definition) is 3. The maximum atomic E-state index is 12.4. The summed E-state index contributed by atoms with van der Waals surface area (Å²) in [7, 11) is 1.92. The predicted octanol–water partition coefficient (Wildman–Crippen LogP) is 2.41. The molecule has 2 heterocycles. The van der Waals surface area contributed by atoms with Gasteiger partial charge in [0.1, 0.15) is 6.10 Å². The lowest BCUT2D eigenvalue weighted by atomic mass is 10.0. The molecule has 0 spiro atoms. The first-order valence-corrected chi connectivity index (χ1v) is 8.84. The van der Waals surface area contributed by atoms with Crippen molar-refractivity contribution < 1.29 is 9.53 Å². The lowest BCUT2D eigenvalue weighted by molar-refractivity contribution is -0.138. The number of amides is 1. The first-order valence-electron chi connectivity index (χ1n) is 8.47. The van der Waals surface area contributed by atoms with Gasteiger partial charge in [0.05, 0.1) is 12.6 Å². The van der Waals surface area contributed by atoms with E-state index in [1.807, 2.05) is 24.1 Å². The van der Waals surface area contributed by atoms with Gasteiger partial charge in [0.25, 0.3) is 5.91 Å². The zero-order chi connectivity index (χ0) is 16.0. The summed E-state index contributed by atoms with van der Waals surface area (Å²) in [4.78, 5) is 16.8. The van der Waals surface area contributed by atoms with Gasteiger partial charge in [-0.25, -0.2) is 0 Å². The van der Waals surface area contributed by atoms with E-state index in [1.165, 1.54) is 18.4 Å². The van der Waals surface area contributed by atoms with Crippen molar-refractivity contribution in [3.05, 3.63) is 34.9 Å². The molecule has 3 atom stereocenters. The number of rotatable bonds is 5. The van der Waals surface area contributed by atoms with Gasteiger partial charge >= 0.3 is 0 Å². The van der Waals surface area contributed by atoms with Crippen LogP contribution in [0.2, 0.25) is 5.02 Å². The average Bonchev–Trinajstić information content (AvgIpc) is 3.24. The largest absolute Gasteiger partial charge is 0.368 e. The summed E-state index contributed by atoms with van der Waals surface area (Å²) >= 11 is 5.95. The second-order valence-electron chi connectivity index (χ2n) is 7.20. The van der Waals surface area contributed by atoms with Crippen LogP contribution in [0.5, 0.6) is 0 Å². The number of fused-ring (bicyclic) bond motifs is 1. The van der Waals surface area contributed by atoms with Gasteiger partial charge in [0, 0.05) is 37.6 Å². The Morgan fingerprint density at radius 2 is 1.96 bits per heavy atom. The molecule has 0 bridgehead atoms. The fraction of sp³-hybridized carbons (Fsp3) is 0.611. The smallest absolute Gasteiger partial charge is 0.252 e. The van der Waals surface area contributed by atoms with Crippen LogP contribution in [-0.2, 0) is 16.1 Å². The Morgan fingerprint density at radius 3 is 2.65 bits per heavy atom. The Hall–Kier alpha value is -1.10. The third kappa shape index (κ3) is 3.12. The highest BCUT2D eigenvalue weighted by molar-refractivity contribution is 6.30. The summed E-state index contributed by atoms with van der Waals surface area (Å²) in [6, 6.07) is 8.31. The molecule has 23 heavy (non-hydrogen) atoms. The number of carbonyl (C=O) groups excluding carboxylic acids is 1. The highest BCUT2D eigenvalue weighted by Gasteiger charge is 2.51. The summed E-state index contributed by atoms with van der Waals surface area (Å²) in [5.74, 6) is 1.17. The van der Waals surface area contributed by atoms with Crippen LogP contribution in [0.25, 0.3) is 0 Å². The highest BCUT2D eigenvalue weighted by atomic mass is 35.5. The molecular formula is C18H23ClN2O2. The molecule has 0 unspecified atom stereocenters. The fourth-order valence-electron chi connectivity index (χ4n) is 3.85. The van der Waals surface area contributed by atoms with Crippen LogP contribution in [0.1, 0.15) is 18.4 Å². The van der Waals surface area contributed by atoms with E-state index < -0.39 is 0 Å². The van der Waals surface area contributed by atoms with E-state index in [4.69, 9.17) is 16.3 Å². The van der Waals surface area contributed by atoms with Crippen molar-refractivity contribution in [1.82, 2.24) is 9.80 Å². The standard InChI is InChI=1S/C18H23ClN2O2/c1-20-16-10-21(8-12-4-6-14(19)7-5-12)9-15(16)17(18(20)22)23-11-13-2-3-13/h4-7,13,15-17H,2-3,8-11H2,1H3/t15-,16+,17-/m0/s1. The second kappa shape index (κ2) is 6.08. The van der Waals surface area contributed by atoms with Crippen molar-refractivity contribution in [2.75, 3.05) is 26.7 Å². The minimum atomic E-state index is -0.235. The third-order valence-electron chi connectivity index (χ3n) is 5.41. The van der Waals surface area contributed by atoms with E-state index in [9.17, 15) is 4.79 Å². The first-order chi connectivity index (χ1) is 11.1. The number of benzene rings is 1. The molecule has 1 amide bonds. The van der Waals surface area contributed by atoms with Gasteiger partial charge in [-0.15, -0.1) is 0 Å². The third-order valence-corrected chi connectivity index (χ3v) is 5.67. The Bertz CT molecular complexity index is 587. The van der Waals surface area contributed by atoms with Crippen LogP contribution >= 0.6 is 11.6 Å². The molecule has 3 aliphatic rings. The monoisotopic (exact) mass is 334 g/mol. The minimum Gasteiger partial charge on any atom is -0.368 e. The van der Waals surface area contributed by atoms with Crippen molar-refractivity contribution in [3.8, 4) is 0 Å². The van der Waals surface area contributed by atoms with Gasteiger partial charge in [-0.3, -0.25) is 9.69 Å². The summed E-state index contributed by atoms with van der Waals surface area (Å²) in [6.45, 7) is 3.52. The Labute approximate surface area is 142 Å². The fourth-order valence-corrected chi connectivity index (χ4v) is 3.97. The van der Waals surface area contributed by atoms with E-state index in [-0.39, 0.29) is 12.0 Å². The van der Waals surface area contributed by atoms with Crippen LogP contribution in [0, 0.1) is 11.8 Å². The minimum absolute atomic E-state index is 0.173. The Balaban J connectivity index is 1.40. The quantitative estimate of drug-likeness (QED) is 0.829. The van der Waals surface area contributed by atoms with E-state index in [1.54, 1.807) is 0 Å². The predicted molar refractivity (Wildman–Crippen MR) is 89.2 cm³/mol. The average molecular weight is 335 g/mol. The SMILES string of the molecule is CN1C(=O)[C@@H](OCC2CC2)[C@H]2CN(Cc3ccc(Cl)cc3)C[C@H]21. The molecule has 4 nitrogen and oxygen atoms in total. The molecular weight excluding hydrogens is 312 g/mol. The lowest BCUT2D eigenvalue weighted by Crippen LogP contribution is -2.37. The van der Waals surface area contributed by atoms with Crippen molar-refractivity contribution in [2.24, 2.45) is 11.8 Å². The molecule has 5 heteroatoms. The van der Waals surface area contributed by atoms with Gasteiger partial charge in [-0.2, -0.15) is 0 Å². The van der Waals surface area contributed by atoms with Crippen LogP contribution in [0.3, 0.4) is 0 Å². The number of hydrogen-bond donors (Lipinski definition) is 0. The molecule has 2 saturated heterocycles. The van der Waals surface area contributed by atoms with Crippen LogP contribution in [0.4, 0.5) is 0 Å². The van der Waals surface area contributed by atoms with Gasteiger partial charge < -0.3 is 9.64 Å². The number of nitrogens with zero attached hydrogens (tertiary/aromatic N) is 2. The van der Waals surface area contributed by atoms with E-state index >= 15 is 0 Å². The zero-order valence-corrected chi connectivity index (χ0v) is 14.2. The number of carbonyl (C=O) groups is 1. The van der Waals surface area contributed by atoms with E-state index in [2.05, 4.69) is 17.0 Å². The van der Waals surface area contributed by atoms with Gasteiger partial charge in [-0.1, -0.05) is 23.7 Å². The summed E-state index contributed by atoms with van der Waals surface area (Å²) in [5, 5.41) is 0.769. The van der Waals surface area contributed by atoms with Crippen molar-refractivity contribution >= 4 is 17.5 Å². The molecule has 1 saturated carbocycles. The zero-order valence-electron chi connectivity index (χ0n) is 13.5. The molecule has 0 radical (unpaired) electrons. The molecule has 4 rings (SSSR count). The van der Waals surface area contributed by atoms with Crippen LogP contribution < -0.4 is 0 Å². The normalized spacial score (nSPS) is 31.0. The first kappa shape index (κ1) is 15.4. The molecule has 124 valence electrons. The molecule has 0 N–H and O–H groups in total. The number of ether oxygens (including phenoxy) is 1. The van der Waals surface area contributed by atoms with Gasteiger partial charge in [-0.05, 0) is 36.5 Å². The van der Waals surface area contributed by atoms with Gasteiger partial charge in [0.2, 0.25) is 0 Å². The summed E-state index contributed by atoms with van der Waals surface area (Å²) in [6.07, 6.45) is 2.28. The number of likely N-dealkylation sites (tertiary alicyclic amines) is 2. The lowest BCUT2D eigenvalue weighted by Gasteiger charge is -2.22. The summed E-state index contributed by atoms with van der Waals surface area (Å²) < 4.78 is 6.00. The molecule has 1 aliphatic carbocycles. The van der Waals surface area contributed by atoms with Crippen LogP contribution in [-0.4, -0.2) is 54.6 Å². The van der Waals surface area contributed by atoms with Crippen molar-refractivity contribution in [1.29, 1.82) is 0 Å². The maximum Gasteiger partial charge on any atom is 0.252 e. The Morgan fingerprint density at radius 1 is 1.22 bits per heavy atom. The Kier molecular flexibility index (Phi) is 4.08. The molecule has 2 aliphatic heterocycles. The van der Waals surface area contributed by atoms with Gasteiger partial charge in [0.15, 0.2) is 0 Å². The van der Waals surface area contributed by atoms with Crippen molar-refractivity contribution in [2.45, 2.75) is 31.5 Å². The number of halogens is 1. The second-order valence-corrected chi connectivity index (χ2v) is 7.63. The molecule has 1 aromatic rings. The number of likely N-dealkylation sites (N-methyl/N-ethyl adjacent to an activating group) is 1. The molecule has 1 aromatic carbocycles. The van der Waals surface area contributed by atoms with Crippen LogP contribution in [0.15, 0.2) is 24.3 Å². The highest BCUT2D eigenvalue weighted by Crippen LogP contribution is 2.36. The topological polar surface area (TPSA) is 32.8 Å². The van der Waals surface area contributed by atoms with E-state index in [0.717, 1.165) is 31.3 Å². The van der Waals surface area contributed by atoms with Crippen molar-refractivity contribution in [3.63, 3.8) is 0 Å². The molecule has 0 aromatic heterocycles. The van der Waals surface area contributed by atoms with E-state index in [0.29, 0.717) is 17.9 Å². The molecule has 3 fully saturated rings.